The van der Waals surface area contributed by atoms with Gasteiger partial charge in [-0.05, 0) is 24.6 Å². The molecule has 2 aromatic carbocycles. The van der Waals surface area contributed by atoms with E-state index in [4.69, 9.17) is 0 Å². The number of hydrogen-bond acceptors (Lipinski definition) is 2. The smallest absolute Gasteiger partial charge is 0.210 e. The molecule has 0 radical (unpaired) electrons. The second-order valence-electron chi connectivity index (χ2n) is 4.54. The molecule has 2 rings (SSSR count). The zero-order chi connectivity index (χ0) is 14.6. The average molecular weight is 354 g/mol. The van der Waals surface area contributed by atoms with Gasteiger partial charge in [0.05, 0.1) is 9.72 Å². The SMILES string of the molecule is Cc1ccc(S(=O)(=O)NCC(Br)c2ccccc2)cc1. The summed E-state index contributed by atoms with van der Waals surface area (Å²) in [6.07, 6.45) is 0. The minimum absolute atomic E-state index is 0.0519. The van der Waals surface area contributed by atoms with E-state index in [-0.39, 0.29) is 9.72 Å². The molecule has 1 N–H and O–H groups in total. The molecule has 106 valence electrons. The maximum atomic E-state index is 12.1. The van der Waals surface area contributed by atoms with E-state index in [0.29, 0.717) is 6.54 Å². The lowest BCUT2D eigenvalue weighted by Gasteiger charge is -2.12. The molecule has 2 aromatic rings. The van der Waals surface area contributed by atoms with Crippen LogP contribution < -0.4 is 4.72 Å². The molecule has 5 heteroatoms. The number of alkyl halides is 1. The van der Waals surface area contributed by atoms with Gasteiger partial charge < -0.3 is 0 Å². The molecule has 20 heavy (non-hydrogen) atoms. The van der Waals surface area contributed by atoms with Crippen LogP contribution in [0, 0.1) is 6.92 Å². The van der Waals surface area contributed by atoms with Crippen molar-refractivity contribution in [1.82, 2.24) is 4.72 Å². The van der Waals surface area contributed by atoms with Crippen molar-refractivity contribution in [2.75, 3.05) is 6.54 Å². The minimum atomic E-state index is -3.46. The molecule has 0 aliphatic heterocycles. The van der Waals surface area contributed by atoms with Crippen molar-refractivity contribution in [2.45, 2.75) is 16.6 Å². The van der Waals surface area contributed by atoms with Crippen LogP contribution >= 0.6 is 15.9 Å². The summed E-state index contributed by atoms with van der Waals surface area (Å²) in [5.74, 6) is 0. The largest absolute Gasteiger partial charge is 0.240 e. The molecule has 0 heterocycles. The predicted molar refractivity (Wildman–Crippen MR) is 84.5 cm³/mol. The summed E-state index contributed by atoms with van der Waals surface area (Å²) in [6.45, 7) is 2.23. The van der Waals surface area contributed by atoms with Gasteiger partial charge in [0.2, 0.25) is 10.0 Å². The Hall–Kier alpha value is -1.17. The van der Waals surface area contributed by atoms with Crippen LogP contribution in [-0.4, -0.2) is 15.0 Å². The molecule has 0 aromatic heterocycles. The van der Waals surface area contributed by atoms with Crippen molar-refractivity contribution in [3.8, 4) is 0 Å². The fraction of sp³-hybridized carbons (Fsp3) is 0.200. The highest BCUT2D eigenvalue weighted by Crippen LogP contribution is 2.22. The lowest BCUT2D eigenvalue weighted by atomic mass is 10.2. The number of nitrogens with one attached hydrogen (secondary N) is 1. The summed E-state index contributed by atoms with van der Waals surface area (Å²) in [7, 11) is -3.46. The number of halogens is 1. The third-order valence-electron chi connectivity index (χ3n) is 2.95. The van der Waals surface area contributed by atoms with Crippen LogP contribution in [0.25, 0.3) is 0 Å². The Morgan fingerprint density at radius 3 is 2.25 bits per heavy atom. The first-order valence-corrected chi connectivity index (χ1v) is 8.64. The molecular formula is C15H16BrNO2S. The highest BCUT2D eigenvalue weighted by Gasteiger charge is 2.16. The zero-order valence-electron chi connectivity index (χ0n) is 11.1. The molecule has 3 nitrogen and oxygen atoms in total. The third-order valence-corrected chi connectivity index (χ3v) is 5.24. The van der Waals surface area contributed by atoms with Crippen LogP contribution in [-0.2, 0) is 10.0 Å². The van der Waals surface area contributed by atoms with Gasteiger partial charge >= 0.3 is 0 Å². The maximum absolute atomic E-state index is 12.1. The Kier molecular flexibility index (Phi) is 4.96. The first-order chi connectivity index (χ1) is 9.49. The quantitative estimate of drug-likeness (QED) is 0.837. The average Bonchev–Trinajstić information content (AvgIpc) is 2.46. The summed E-state index contributed by atoms with van der Waals surface area (Å²) in [5.41, 5.74) is 2.07. The van der Waals surface area contributed by atoms with Crippen LogP contribution in [0.15, 0.2) is 59.5 Å². The minimum Gasteiger partial charge on any atom is -0.210 e. The second-order valence-corrected chi connectivity index (χ2v) is 7.42. The number of benzene rings is 2. The van der Waals surface area contributed by atoms with E-state index in [2.05, 4.69) is 20.7 Å². The molecule has 1 unspecified atom stereocenters. The Morgan fingerprint density at radius 2 is 1.65 bits per heavy atom. The van der Waals surface area contributed by atoms with Crippen LogP contribution in [0.4, 0.5) is 0 Å². The highest BCUT2D eigenvalue weighted by molar-refractivity contribution is 9.09. The number of sulfonamides is 1. The molecule has 0 fully saturated rings. The summed E-state index contributed by atoms with van der Waals surface area (Å²) >= 11 is 3.50. The van der Waals surface area contributed by atoms with Crippen LogP contribution in [0.3, 0.4) is 0 Å². The molecular weight excluding hydrogens is 338 g/mol. The molecule has 0 saturated carbocycles. The van der Waals surface area contributed by atoms with Crippen molar-refractivity contribution < 1.29 is 8.42 Å². The second kappa shape index (κ2) is 6.52. The van der Waals surface area contributed by atoms with Gasteiger partial charge in [-0.2, -0.15) is 0 Å². The van der Waals surface area contributed by atoms with Gasteiger partial charge in [-0.3, -0.25) is 0 Å². The van der Waals surface area contributed by atoms with Crippen LogP contribution in [0.1, 0.15) is 16.0 Å². The lowest BCUT2D eigenvalue weighted by molar-refractivity contribution is 0.581. The van der Waals surface area contributed by atoms with Gasteiger partial charge in [0, 0.05) is 6.54 Å². The molecule has 0 bridgehead atoms. The van der Waals surface area contributed by atoms with Gasteiger partial charge in [-0.15, -0.1) is 0 Å². The van der Waals surface area contributed by atoms with E-state index in [1.165, 1.54) is 0 Å². The Labute approximate surface area is 128 Å². The van der Waals surface area contributed by atoms with E-state index in [0.717, 1.165) is 11.1 Å². The number of hydrogen-bond donors (Lipinski definition) is 1. The lowest BCUT2D eigenvalue weighted by Crippen LogP contribution is -2.26. The van der Waals surface area contributed by atoms with Gasteiger partial charge in [0.25, 0.3) is 0 Å². The third kappa shape index (κ3) is 3.91. The highest BCUT2D eigenvalue weighted by atomic mass is 79.9. The molecule has 0 aliphatic rings. The van der Waals surface area contributed by atoms with Crippen molar-refractivity contribution in [3.05, 3.63) is 65.7 Å². The Bertz CT molecular complexity index is 654. The molecule has 1 atom stereocenters. The van der Waals surface area contributed by atoms with Crippen molar-refractivity contribution in [1.29, 1.82) is 0 Å². The molecule has 0 saturated heterocycles. The summed E-state index contributed by atoms with van der Waals surface area (Å²) in [4.78, 5) is 0.236. The van der Waals surface area contributed by atoms with Gasteiger partial charge in [0.15, 0.2) is 0 Å². The van der Waals surface area contributed by atoms with Gasteiger partial charge in [-0.1, -0.05) is 64.0 Å². The van der Waals surface area contributed by atoms with Gasteiger partial charge in [-0.25, -0.2) is 13.1 Å². The van der Waals surface area contributed by atoms with E-state index in [9.17, 15) is 8.42 Å². The van der Waals surface area contributed by atoms with E-state index < -0.39 is 10.0 Å². The number of aryl methyl sites for hydroxylation is 1. The summed E-state index contributed by atoms with van der Waals surface area (Å²) in [5, 5.41) is 0. The maximum Gasteiger partial charge on any atom is 0.240 e. The molecule has 0 amide bonds. The predicted octanol–water partition coefficient (Wildman–Crippen LogP) is 3.41. The Morgan fingerprint density at radius 1 is 1.05 bits per heavy atom. The van der Waals surface area contributed by atoms with Gasteiger partial charge in [0.1, 0.15) is 0 Å². The van der Waals surface area contributed by atoms with Crippen molar-refractivity contribution in [2.24, 2.45) is 0 Å². The van der Waals surface area contributed by atoms with E-state index in [1.54, 1.807) is 24.3 Å². The molecule has 0 spiro atoms. The Balaban J connectivity index is 2.04. The van der Waals surface area contributed by atoms with E-state index >= 15 is 0 Å². The first-order valence-electron chi connectivity index (χ1n) is 6.24. The summed E-state index contributed by atoms with van der Waals surface area (Å²) < 4.78 is 26.9. The number of rotatable bonds is 5. The van der Waals surface area contributed by atoms with Crippen molar-refractivity contribution in [3.63, 3.8) is 0 Å². The van der Waals surface area contributed by atoms with Crippen molar-refractivity contribution >= 4 is 26.0 Å². The van der Waals surface area contributed by atoms with Crippen LogP contribution in [0.5, 0.6) is 0 Å². The fourth-order valence-electron chi connectivity index (χ4n) is 1.76. The van der Waals surface area contributed by atoms with Crippen LogP contribution in [0.2, 0.25) is 0 Å². The summed E-state index contributed by atoms with van der Waals surface area (Å²) in [6, 6.07) is 16.5. The first kappa shape index (κ1) is 15.2. The topological polar surface area (TPSA) is 46.2 Å². The fourth-order valence-corrected chi connectivity index (χ4v) is 3.49. The standard InChI is InChI=1S/C15H16BrNO2S/c1-12-7-9-14(10-8-12)20(18,19)17-11-15(16)13-5-3-2-4-6-13/h2-10,15,17H,11H2,1H3. The zero-order valence-corrected chi connectivity index (χ0v) is 13.5. The van der Waals surface area contributed by atoms with E-state index in [1.807, 2.05) is 37.3 Å². The normalized spacial score (nSPS) is 13.1. The monoisotopic (exact) mass is 353 g/mol. The molecule has 0 aliphatic carbocycles.